The predicted octanol–water partition coefficient (Wildman–Crippen LogP) is 3.82. The van der Waals surface area contributed by atoms with Crippen LogP contribution >= 0.6 is 0 Å². The Kier molecular flexibility index (Phi) is 6.06. The summed E-state index contributed by atoms with van der Waals surface area (Å²) < 4.78 is 17.5. The molecule has 174 valence electrons. The second kappa shape index (κ2) is 8.81. The first-order chi connectivity index (χ1) is 15.7. The van der Waals surface area contributed by atoms with Crippen LogP contribution in [0, 0.1) is 6.92 Å². The van der Waals surface area contributed by atoms with E-state index >= 15 is 0 Å². The number of rotatable bonds is 6. The molecule has 0 spiro atoms. The second-order valence-corrected chi connectivity index (χ2v) is 9.06. The molecule has 2 aromatic carbocycles. The number of amides is 1. The third-order valence-electron chi connectivity index (χ3n) is 6.17. The van der Waals surface area contributed by atoms with Gasteiger partial charge >= 0.3 is 5.63 Å². The van der Waals surface area contributed by atoms with Crippen molar-refractivity contribution in [3.8, 4) is 17.2 Å². The number of ether oxygens (including phenoxy) is 2. The fourth-order valence-electron chi connectivity index (χ4n) is 4.28. The van der Waals surface area contributed by atoms with Crippen LogP contribution in [-0.2, 0) is 24.1 Å². The van der Waals surface area contributed by atoms with Crippen LogP contribution < -0.4 is 20.4 Å². The van der Waals surface area contributed by atoms with Gasteiger partial charge in [-0.15, -0.1) is 0 Å². The minimum Gasteiger partial charge on any atom is -0.508 e. The van der Waals surface area contributed by atoms with Crippen LogP contribution in [0.1, 0.15) is 42.5 Å². The Morgan fingerprint density at radius 1 is 1.24 bits per heavy atom. The highest BCUT2D eigenvalue weighted by atomic mass is 16.5. The first-order valence-corrected chi connectivity index (χ1v) is 11.1. The summed E-state index contributed by atoms with van der Waals surface area (Å²) in [7, 11) is 1.56. The lowest BCUT2D eigenvalue weighted by atomic mass is 9.91. The van der Waals surface area contributed by atoms with E-state index in [1.54, 1.807) is 31.4 Å². The van der Waals surface area contributed by atoms with Gasteiger partial charge in [0.1, 0.15) is 28.4 Å². The van der Waals surface area contributed by atoms with E-state index in [4.69, 9.17) is 13.9 Å². The number of nitrogens with one attached hydrogen (secondary N) is 1. The summed E-state index contributed by atoms with van der Waals surface area (Å²) in [5.41, 5.74) is 2.50. The lowest BCUT2D eigenvalue weighted by Gasteiger charge is -2.33. The maximum atomic E-state index is 12.9. The van der Waals surface area contributed by atoms with Crippen LogP contribution in [0.4, 0.5) is 0 Å². The summed E-state index contributed by atoms with van der Waals surface area (Å²) in [5, 5.41) is 12.9. The zero-order valence-corrected chi connectivity index (χ0v) is 19.4. The highest BCUT2D eigenvalue weighted by Crippen LogP contribution is 2.43. The molecule has 1 aromatic heterocycles. The van der Waals surface area contributed by atoms with Gasteiger partial charge in [0.15, 0.2) is 0 Å². The molecule has 3 aromatic rings. The van der Waals surface area contributed by atoms with Gasteiger partial charge in [-0.2, -0.15) is 0 Å². The fraction of sp³-hybridized carbons (Fsp3) is 0.385. The van der Waals surface area contributed by atoms with Gasteiger partial charge in [-0.25, -0.2) is 4.79 Å². The van der Waals surface area contributed by atoms with Gasteiger partial charge in [0, 0.05) is 18.2 Å². The maximum Gasteiger partial charge on any atom is 0.340 e. The zero-order valence-electron chi connectivity index (χ0n) is 19.4. The highest BCUT2D eigenvalue weighted by Gasteiger charge is 2.31. The molecule has 2 N–H and O–H groups in total. The van der Waals surface area contributed by atoms with Gasteiger partial charge in [0.25, 0.3) is 0 Å². The molecular formula is C26H29NO6. The summed E-state index contributed by atoms with van der Waals surface area (Å²) in [6.07, 6.45) is 2.06. The van der Waals surface area contributed by atoms with Crippen molar-refractivity contribution in [2.75, 3.05) is 13.7 Å². The fourth-order valence-corrected chi connectivity index (χ4v) is 4.28. The molecule has 7 heteroatoms. The van der Waals surface area contributed by atoms with Gasteiger partial charge in [-0.1, -0.05) is 12.1 Å². The Balaban J connectivity index is 1.59. The van der Waals surface area contributed by atoms with Crippen LogP contribution in [0.15, 0.2) is 39.5 Å². The number of aromatic hydroxyl groups is 1. The number of carbonyl (C=O) groups excluding carboxylic acids is 1. The number of hydrogen-bond donors (Lipinski definition) is 2. The SMILES string of the molecule is COc1cc2c(c3oc(=O)c(CC(=O)NCCc4ccc(O)cc4)c(C)c13)CCC(C)(C)O2. The molecule has 1 aliphatic rings. The highest BCUT2D eigenvalue weighted by molar-refractivity contribution is 5.93. The normalized spacial score (nSPS) is 14.4. The minimum atomic E-state index is -0.519. The van der Waals surface area contributed by atoms with Gasteiger partial charge in [0.05, 0.1) is 24.5 Å². The van der Waals surface area contributed by atoms with E-state index in [-0.39, 0.29) is 23.7 Å². The Bertz CT molecular complexity index is 1260. The molecule has 0 saturated carbocycles. The molecule has 0 fully saturated rings. The van der Waals surface area contributed by atoms with Crippen molar-refractivity contribution < 1.29 is 23.8 Å². The van der Waals surface area contributed by atoms with Gasteiger partial charge < -0.3 is 24.3 Å². The Hall–Kier alpha value is -3.48. The average molecular weight is 452 g/mol. The van der Waals surface area contributed by atoms with E-state index in [2.05, 4.69) is 5.32 Å². The van der Waals surface area contributed by atoms with Crippen LogP contribution in [0.3, 0.4) is 0 Å². The first-order valence-electron chi connectivity index (χ1n) is 11.1. The van der Waals surface area contributed by atoms with Crippen molar-refractivity contribution in [1.82, 2.24) is 5.32 Å². The molecule has 4 rings (SSSR count). The third-order valence-corrected chi connectivity index (χ3v) is 6.17. The van der Waals surface area contributed by atoms with Crippen LogP contribution in [0.2, 0.25) is 0 Å². The summed E-state index contributed by atoms with van der Waals surface area (Å²) in [4.78, 5) is 25.5. The Morgan fingerprint density at radius 2 is 1.97 bits per heavy atom. The van der Waals surface area contributed by atoms with E-state index in [0.29, 0.717) is 46.6 Å². The van der Waals surface area contributed by atoms with Crippen molar-refractivity contribution in [3.05, 3.63) is 63.0 Å². The number of fused-ring (bicyclic) bond motifs is 3. The molecule has 0 saturated heterocycles. The van der Waals surface area contributed by atoms with E-state index in [9.17, 15) is 14.7 Å². The smallest absolute Gasteiger partial charge is 0.340 e. The lowest BCUT2D eigenvalue weighted by molar-refractivity contribution is -0.120. The molecule has 7 nitrogen and oxygen atoms in total. The number of phenolic OH excluding ortho intramolecular Hbond substituents is 1. The quantitative estimate of drug-likeness (QED) is 0.553. The van der Waals surface area contributed by atoms with E-state index in [1.165, 1.54) is 0 Å². The van der Waals surface area contributed by atoms with Crippen LogP contribution in [0.25, 0.3) is 11.0 Å². The largest absolute Gasteiger partial charge is 0.508 e. The molecule has 33 heavy (non-hydrogen) atoms. The Labute approximate surface area is 192 Å². The number of hydrogen-bond acceptors (Lipinski definition) is 6. The van der Waals surface area contributed by atoms with Crippen LogP contribution in [0.5, 0.6) is 17.2 Å². The van der Waals surface area contributed by atoms with Crippen molar-refractivity contribution in [3.63, 3.8) is 0 Å². The third kappa shape index (κ3) is 4.67. The summed E-state index contributed by atoms with van der Waals surface area (Å²) in [6.45, 7) is 6.29. The standard InChI is InChI=1S/C26H29NO6/c1-15-19(13-22(29)27-12-10-16-5-7-17(28)8-6-16)25(30)32-24-18-9-11-26(2,3)33-20(18)14-21(31-4)23(15)24/h5-8,14,28H,9-13H2,1-4H3,(H,27,29). The van der Waals surface area contributed by atoms with Gasteiger partial charge in [-0.05, 0) is 63.3 Å². The first kappa shape index (κ1) is 22.7. The molecule has 0 aliphatic carbocycles. The number of aryl methyl sites for hydroxylation is 2. The van der Waals surface area contributed by atoms with E-state index < -0.39 is 5.63 Å². The Morgan fingerprint density at radius 3 is 2.67 bits per heavy atom. The minimum absolute atomic E-state index is 0.0799. The van der Waals surface area contributed by atoms with E-state index in [0.717, 1.165) is 24.0 Å². The van der Waals surface area contributed by atoms with Crippen molar-refractivity contribution in [2.24, 2.45) is 0 Å². The number of phenols is 1. The molecular weight excluding hydrogens is 422 g/mol. The number of carbonyl (C=O) groups is 1. The summed E-state index contributed by atoms with van der Waals surface area (Å²) >= 11 is 0. The number of methoxy groups -OCH3 is 1. The van der Waals surface area contributed by atoms with Gasteiger partial charge in [0.2, 0.25) is 5.91 Å². The average Bonchev–Trinajstić information content (AvgIpc) is 2.76. The summed E-state index contributed by atoms with van der Waals surface area (Å²) in [6, 6.07) is 8.67. The monoisotopic (exact) mass is 451 g/mol. The maximum absolute atomic E-state index is 12.9. The topological polar surface area (TPSA) is 98.0 Å². The molecule has 0 bridgehead atoms. The lowest BCUT2D eigenvalue weighted by Crippen LogP contribution is -2.33. The van der Waals surface area contributed by atoms with Crippen LogP contribution in [-0.4, -0.2) is 30.3 Å². The zero-order chi connectivity index (χ0) is 23.8. The van der Waals surface area contributed by atoms with Crippen molar-refractivity contribution in [2.45, 2.75) is 52.1 Å². The molecule has 0 unspecified atom stereocenters. The predicted molar refractivity (Wildman–Crippen MR) is 125 cm³/mol. The number of benzene rings is 2. The molecule has 1 aliphatic heterocycles. The molecule has 0 atom stereocenters. The molecule has 0 radical (unpaired) electrons. The molecule has 2 heterocycles. The van der Waals surface area contributed by atoms with Gasteiger partial charge in [-0.3, -0.25) is 4.79 Å². The van der Waals surface area contributed by atoms with Crippen molar-refractivity contribution in [1.29, 1.82) is 0 Å². The summed E-state index contributed by atoms with van der Waals surface area (Å²) in [5.74, 6) is 1.16. The van der Waals surface area contributed by atoms with Crippen molar-refractivity contribution >= 4 is 16.9 Å². The molecule has 1 amide bonds. The second-order valence-electron chi connectivity index (χ2n) is 9.06. The van der Waals surface area contributed by atoms with E-state index in [1.807, 2.05) is 26.8 Å².